The molecule has 3 rings (SSSR count). The van der Waals surface area contributed by atoms with Crippen LogP contribution >= 0.6 is 0 Å². The van der Waals surface area contributed by atoms with Crippen molar-refractivity contribution in [2.75, 3.05) is 24.3 Å². The maximum absolute atomic E-state index is 13.2. The number of para-hydroxylation sites is 1. The number of hydrogen-bond donors (Lipinski definition) is 3. The zero-order valence-corrected chi connectivity index (χ0v) is 15.9. The van der Waals surface area contributed by atoms with E-state index < -0.39 is 11.7 Å². The van der Waals surface area contributed by atoms with Crippen LogP contribution in [0.4, 0.5) is 24.5 Å². The van der Waals surface area contributed by atoms with Crippen LogP contribution in [0.5, 0.6) is 0 Å². The van der Waals surface area contributed by atoms with Crippen molar-refractivity contribution in [1.29, 1.82) is 0 Å². The molecule has 0 radical (unpaired) electrons. The van der Waals surface area contributed by atoms with Crippen LogP contribution in [-0.2, 0) is 17.5 Å². The van der Waals surface area contributed by atoms with Crippen molar-refractivity contribution in [3.8, 4) is 0 Å². The molecule has 28 heavy (non-hydrogen) atoms. The number of alkyl halides is 3. The number of benzene rings is 2. The lowest BCUT2D eigenvalue weighted by molar-refractivity contribution is -0.138. The molecule has 0 aliphatic heterocycles. The summed E-state index contributed by atoms with van der Waals surface area (Å²) in [6.45, 7) is 0.216. The Balaban J connectivity index is 0.000000640. The minimum Gasteiger partial charge on any atom is -0.386 e. The van der Waals surface area contributed by atoms with E-state index >= 15 is 0 Å². The molecule has 152 valence electrons. The fraction of sp³-hybridized carbons (Fsp3) is 0.350. The zero-order chi connectivity index (χ0) is 20.7. The van der Waals surface area contributed by atoms with Gasteiger partial charge < -0.3 is 10.2 Å². The standard InChI is InChI=1S/C19H21F3N2.CH4N2O/c1-23-17-9-5-7-15(13-10-11-13)18(17)24(2)12-14-6-3-4-8-16(14)19(20,21)22;2-3-1-4/h3-9,13,23H,10-12H2,1-2H3;1H,2H2,(H,3,4). The van der Waals surface area contributed by atoms with E-state index in [1.807, 2.05) is 31.1 Å². The van der Waals surface area contributed by atoms with Gasteiger partial charge in [0.15, 0.2) is 0 Å². The van der Waals surface area contributed by atoms with E-state index in [0.717, 1.165) is 30.3 Å². The van der Waals surface area contributed by atoms with Gasteiger partial charge in [0.05, 0.1) is 16.9 Å². The van der Waals surface area contributed by atoms with Gasteiger partial charge in [0.2, 0.25) is 6.41 Å². The molecule has 0 bridgehead atoms. The number of hydrogen-bond acceptors (Lipinski definition) is 4. The molecule has 0 atom stereocenters. The number of rotatable bonds is 6. The van der Waals surface area contributed by atoms with Crippen molar-refractivity contribution >= 4 is 17.8 Å². The van der Waals surface area contributed by atoms with Crippen molar-refractivity contribution < 1.29 is 18.0 Å². The minimum atomic E-state index is -4.33. The first-order chi connectivity index (χ1) is 13.3. The van der Waals surface area contributed by atoms with E-state index in [2.05, 4.69) is 17.2 Å². The predicted molar refractivity (Wildman–Crippen MR) is 105 cm³/mol. The fourth-order valence-electron chi connectivity index (χ4n) is 3.18. The Morgan fingerprint density at radius 3 is 2.36 bits per heavy atom. The molecular formula is C20H25F3N4O. The van der Waals surface area contributed by atoms with E-state index in [1.54, 1.807) is 17.6 Å². The van der Waals surface area contributed by atoms with Gasteiger partial charge in [-0.15, -0.1) is 0 Å². The van der Waals surface area contributed by atoms with Crippen LogP contribution < -0.4 is 21.5 Å². The molecule has 1 amide bonds. The second-order valence-corrected chi connectivity index (χ2v) is 6.56. The molecular weight excluding hydrogens is 369 g/mol. The second-order valence-electron chi connectivity index (χ2n) is 6.56. The molecule has 0 unspecified atom stereocenters. The smallest absolute Gasteiger partial charge is 0.386 e. The van der Waals surface area contributed by atoms with E-state index in [-0.39, 0.29) is 6.54 Å². The predicted octanol–water partition coefficient (Wildman–Crippen LogP) is 3.87. The highest BCUT2D eigenvalue weighted by molar-refractivity contribution is 5.74. The summed E-state index contributed by atoms with van der Waals surface area (Å²) in [7, 11) is 3.70. The van der Waals surface area contributed by atoms with Gasteiger partial charge in [0.1, 0.15) is 0 Å². The van der Waals surface area contributed by atoms with Crippen molar-refractivity contribution in [1.82, 2.24) is 5.43 Å². The van der Waals surface area contributed by atoms with Crippen LogP contribution in [-0.4, -0.2) is 20.5 Å². The summed E-state index contributed by atoms with van der Waals surface area (Å²) in [4.78, 5) is 10.9. The summed E-state index contributed by atoms with van der Waals surface area (Å²) >= 11 is 0. The third kappa shape index (κ3) is 5.39. The summed E-state index contributed by atoms with van der Waals surface area (Å²) in [5, 5.41) is 3.17. The SMILES string of the molecule is CNc1cccc(C2CC2)c1N(C)Cc1ccccc1C(F)(F)F.NNC=O. The van der Waals surface area contributed by atoms with Gasteiger partial charge in [0, 0.05) is 20.6 Å². The number of carbonyl (C=O) groups excluding carboxylic acids is 1. The van der Waals surface area contributed by atoms with Gasteiger partial charge >= 0.3 is 6.18 Å². The lowest BCUT2D eigenvalue weighted by Gasteiger charge is -2.27. The van der Waals surface area contributed by atoms with Crippen LogP contribution in [0, 0.1) is 0 Å². The fourth-order valence-corrected chi connectivity index (χ4v) is 3.18. The molecule has 1 aliphatic carbocycles. The second kappa shape index (κ2) is 9.45. The lowest BCUT2D eigenvalue weighted by Crippen LogP contribution is -2.22. The Bertz CT molecular complexity index is 791. The average molecular weight is 394 g/mol. The Morgan fingerprint density at radius 1 is 1.18 bits per heavy atom. The maximum Gasteiger partial charge on any atom is 0.416 e. The Kier molecular flexibility index (Phi) is 7.28. The molecule has 0 heterocycles. The molecule has 1 aliphatic rings. The van der Waals surface area contributed by atoms with Crippen molar-refractivity contribution in [2.45, 2.75) is 31.5 Å². The van der Waals surface area contributed by atoms with E-state index in [0.29, 0.717) is 17.9 Å². The molecule has 0 saturated heterocycles. The summed E-state index contributed by atoms with van der Waals surface area (Å²) < 4.78 is 39.7. The highest BCUT2D eigenvalue weighted by Crippen LogP contribution is 2.47. The summed E-state index contributed by atoms with van der Waals surface area (Å²) in [6, 6.07) is 11.8. The highest BCUT2D eigenvalue weighted by atomic mass is 19.4. The number of nitrogens with two attached hydrogens (primary N) is 1. The van der Waals surface area contributed by atoms with Crippen molar-refractivity contribution in [2.24, 2.45) is 5.84 Å². The van der Waals surface area contributed by atoms with Gasteiger partial charge in [-0.05, 0) is 42.0 Å². The van der Waals surface area contributed by atoms with Crippen molar-refractivity contribution in [3.63, 3.8) is 0 Å². The van der Waals surface area contributed by atoms with Gasteiger partial charge in [-0.1, -0.05) is 30.3 Å². The van der Waals surface area contributed by atoms with Crippen molar-refractivity contribution in [3.05, 3.63) is 59.2 Å². The van der Waals surface area contributed by atoms with Crippen LogP contribution in [0.15, 0.2) is 42.5 Å². The minimum absolute atomic E-state index is 0.216. The number of amides is 1. The summed E-state index contributed by atoms with van der Waals surface area (Å²) in [6.07, 6.45) is -1.64. The first-order valence-electron chi connectivity index (χ1n) is 8.90. The van der Waals surface area contributed by atoms with Gasteiger partial charge in [-0.25, -0.2) is 5.84 Å². The maximum atomic E-state index is 13.2. The lowest BCUT2D eigenvalue weighted by atomic mass is 10.0. The average Bonchev–Trinajstić information content (AvgIpc) is 3.52. The Labute approximate surface area is 162 Å². The quantitative estimate of drug-likeness (QED) is 0.301. The Hall–Kier alpha value is -2.74. The first-order valence-corrected chi connectivity index (χ1v) is 8.90. The number of nitrogens with zero attached hydrogens (tertiary/aromatic N) is 1. The molecule has 5 nitrogen and oxygen atoms in total. The first kappa shape index (κ1) is 21.6. The largest absolute Gasteiger partial charge is 0.416 e. The molecule has 4 N–H and O–H groups in total. The van der Waals surface area contributed by atoms with Crippen LogP contribution in [0.3, 0.4) is 0 Å². The monoisotopic (exact) mass is 394 g/mol. The number of hydrazine groups is 1. The topological polar surface area (TPSA) is 70.4 Å². The number of nitrogens with one attached hydrogen (secondary N) is 2. The third-order valence-corrected chi connectivity index (χ3v) is 4.53. The zero-order valence-electron chi connectivity index (χ0n) is 15.9. The molecule has 0 spiro atoms. The molecule has 1 saturated carbocycles. The van der Waals surface area contributed by atoms with Gasteiger partial charge in [-0.3, -0.25) is 10.2 Å². The molecule has 1 fully saturated rings. The van der Waals surface area contributed by atoms with Gasteiger partial charge in [-0.2, -0.15) is 13.2 Å². The summed E-state index contributed by atoms with van der Waals surface area (Å²) in [5.41, 5.74) is 4.65. The van der Waals surface area contributed by atoms with E-state index in [1.165, 1.54) is 11.6 Å². The van der Waals surface area contributed by atoms with E-state index in [9.17, 15) is 13.2 Å². The third-order valence-electron chi connectivity index (χ3n) is 4.53. The summed E-state index contributed by atoms with van der Waals surface area (Å²) in [5.74, 6) is 4.93. The molecule has 2 aromatic carbocycles. The number of carbonyl (C=O) groups is 1. The number of halogens is 3. The molecule has 0 aromatic heterocycles. The number of anilines is 2. The van der Waals surface area contributed by atoms with E-state index in [4.69, 9.17) is 4.79 Å². The van der Waals surface area contributed by atoms with Gasteiger partial charge in [0.25, 0.3) is 0 Å². The normalized spacial score (nSPS) is 13.2. The van der Waals surface area contributed by atoms with Crippen LogP contribution in [0.2, 0.25) is 0 Å². The molecule has 8 heteroatoms. The van der Waals surface area contributed by atoms with Crippen LogP contribution in [0.1, 0.15) is 35.4 Å². The van der Waals surface area contributed by atoms with Crippen LogP contribution in [0.25, 0.3) is 0 Å². The molecule has 2 aromatic rings. The Morgan fingerprint density at radius 2 is 1.82 bits per heavy atom. The highest BCUT2D eigenvalue weighted by Gasteiger charge is 2.34.